The number of carbonyl (C=O) groups is 1. The summed E-state index contributed by atoms with van der Waals surface area (Å²) in [7, 11) is -3.78. The van der Waals surface area contributed by atoms with Gasteiger partial charge in [0.1, 0.15) is 11.5 Å². The van der Waals surface area contributed by atoms with Crippen LogP contribution in [0.2, 0.25) is 0 Å². The number of hydrogen-bond donors (Lipinski definition) is 1. The number of sulfonamides is 1. The first-order valence-corrected chi connectivity index (χ1v) is 11.1. The first-order valence-electron chi connectivity index (χ1n) is 9.61. The van der Waals surface area contributed by atoms with Crippen molar-refractivity contribution in [2.45, 2.75) is 24.7 Å². The van der Waals surface area contributed by atoms with E-state index in [-0.39, 0.29) is 4.90 Å². The first-order chi connectivity index (χ1) is 14.5. The highest BCUT2D eigenvalue weighted by molar-refractivity contribution is 7.92. The highest BCUT2D eigenvalue weighted by atomic mass is 32.2. The quantitative estimate of drug-likeness (QED) is 0.375. The number of para-hydroxylation sites is 1. The molecule has 3 rings (SSSR count). The summed E-state index contributed by atoms with van der Waals surface area (Å²) >= 11 is 0. The van der Waals surface area contributed by atoms with Crippen LogP contribution in [0.25, 0.3) is 0 Å². The van der Waals surface area contributed by atoms with Crippen molar-refractivity contribution in [3.63, 3.8) is 0 Å². The van der Waals surface area contributed by atoms with Crippen molar-refractivity contribution in [1.82, 2.24) is 0 Å². The zero-order chi connectivity index (χ0) is 21.4. The lowest BCUT2D eigenvalue weighted by Gasteiger charge is -2.10. The topological polar surface area (TPSA) is 81.7 Å². The first kappa shape index (κ1) is 21.4. The van der Waals surface area contributed by atoms with Crippen LogP contribution in [0.4, 0.5) is 5.69 Å². The fraction of sp³-hybridized carbons (Fsp3) is 0.174. The Morgan fingerprint density at radius 1 is 0.867 bits per heavy atom. The van der Waals surface area contributed by atoms with Crippen molar-refractivity contribution in [3.8, 4) is 11.5 Å². The fourth-order valence-corrected chi connectivity index (χ4v) is 3.65. The number of benzene rings is 3. The van der Waals surface area contributed by atoms with Gasteiger partial charge in [-0.05, 0) is 67.1 Å². The lowest BCUT2D eigenvalue weighted by molar-refractivity contribution is 0.0500. The molecule has 156 valence electrons. The van der Waals surface area contributed by atoms with Crippen LogP contribution in [0.5, 0.6) is 11.5 Å². The minimum Gasteiger partial charge on any atom is -0.462 e. The van der Waals surface area contributed by atoms with Gasteiger partial charge in [-0.25, -0.2) is 13.2 Å². The monoisotopic (exact) mass is 425 g/mol. The Labute approximate surface area is 176 Å². The molecule has 0 fully saturated rings. The number of ether oxygens (including phenoxy) is 2. The smallest absolute Gasteiger partial charge is 0.338 e. The van der Waals surface area contributed by atoms with Crippen molar-refractivity contribution < 1.29 is 22.7 Å². The van der Waals surface area contributed by atoms with E-state index >= 15 is 0 Å². The maximum atomic E-state index is 12.6. The Hall–Kier alpha value is -3.32. The Bertz CT molecular complexity index is 1060. The summed E-state index contributed by atoms with van der Waals surface area (Å²) in [6.07, 6.45) is 1.74. The molecular formula is C23H23NO5S. The second-order valence-electron chi connectivity index (χ2n) is 6.56. The second-order valence-corrected chi connectivity index (χ2v) is 8.24. The molecule has 7 heteroatoms. The van der Waals surface area contributed by atoms with Crippen molar-refractivity contribution in [2.75, 3.05) is 11.3 Å². The molecule has 3 aromatic carbocycles. The molecule has 0 bridgehead atoms. The van der Waals surface area contributed by atoms with Gasteiger partial charge in [0, 0.05) is 5.69 Å². The summed E-state index contributed by atoms with van der Waals surface area (Å²) in [5.74, 6) is 0.775. The molecule has 0 aliphatic heterocycles. The number of nitrogens with one attached hydrogen (secondary N) is 1. The van der Waals surface area contributed by atoms with E-state index in [1.165, 1.54) is 36.4 Å². The van der Waals surface area contributed by atoms with Crippen LogP contribution in [0.1, 0.15) is 30.1 Å². The molecule has 0 aromatic heterocycles. The molecule has 0 heterocycles. The zero-order valence-corrected chi connectivity index (χ0v) is 17.4. The van der Waals surface area contributed by atoms with Crippen molar-refractivity contribution in [3.05, 3.63) is 84.4 Å². The molecule has 0 amide bonds. The molecule has 30 heavy (non-hydrogen) atoms. The fourth-order valence-electron chi connectivity index (χ4n) is 2.59. The number of anilines is 1. The summed E-state index contributed by atoms with van der Waals surface area (Å²) in [6, 6.07) is 21.5. The molecule has 0 unspecified atom stereocenters. The maximum Gasteiger partial charge on any atom is 0.338 e. The van der Waals surface area contributed by atoms with Gasteiger partial charge in [0.05, 0.1) is 17.1 Å². The number of rotatable bonds is 9. The molecule has 1 N–H and O–H groups in total. The molecule has 6 nitrogen and oxygen atoms in total. The maximum absolute atomic E-state index is 12.6. The summed E-state index contributed by atoms with van der Waals surface area (Å²) in [5, 5.41) is 0. The lowest BCUT2D eigenvalue weighted by Crippen LogP contribution is -2.13. The summed E-state index contributed by atoms with van der Waals surface area (Å²) in [4.78, 5) is 12.0. The van der Waals surface area contributed by atoms with E-state index in [0.29, 0.717) is 29.4 Å². The van der Waals surface area contributed by atoms with E-state index in [0.717, 1.165) is 12.8 Å². The molecule has 0 aliphatic rings. The third-order valence-corrected chi connectivity index (χ3v) is 5.61. The molecule has 0 aliphatic carbocycles. The standard InChI is InChI=1S/C23H23NO5S/c1-2-3-17-28-23(25)18-9-11-19(12-10-18)24-30(26,27)22-15-13-21(14-16-22)29-20-7-5-4-6-8-20/h4-16,24H,2-3,17H2,1H3. The number of hydrogen-bond acceptors (Lipinski definition) is 5. The van der Waals surface area contributed by atoms with Gasteiger partial charge in [-0.15, -0.1) is 0 Å². The Balaban J connectivity index is 1.63. The van der Waals surface area contributed by atoms with Crippen LogP contribution in [-0.4, -0.2) is 21.0 Å². The average Bonchev–Trinajstić information content (AvgIpc) is 2.75. The number of esters is 1. The molecular weight excluding hydrogens is 402 g/mol. The summed E-state index contributed by atoms with van der Waals surface area (Å²) in [6.45, 7) is 2.38. The van der Waals surface area contributed by atoms with Crippen LogP contribution >= 0.6 is 0 Å². The predicted octanol–water partition coefficient (Wildman–Crippen LogP) is 5.24. The van der Waals surface area contributed by atoms with Crippen LogP contribution in [0.15, 0.2) is 83.8 Å². The van der Waals surface area contributed by atoms with E-state index in [1.807, 2.05) is 37.3 Å². The van der Waals surface area contributed by atoms with E-state index < -0.39 is 16.0 Å². The minimum absolute atomic E-state index is 0.103. The second kappa shape index (κ2) is 9.93. The van der Waals surface area contributed by atoms with Crippen LogP contribution in [-0.2, 0) is 14.8 Å². The lowest BCUT2D eigenvalue weighted by atomic mass is 10.2. The Morgan fingerprint density at radius 3 is 2.13 bits per heavy atom. The average molecular weight is 426 g/mol. The largest absolute Gasteiger partial charge is 0.462 e. The highest BCUT2D eigenvalue weighted by Crippen LogP contribution is 2.24. The summed E-state index contributed by atoms with van der Waals surface area (Å²) < 4.78 is 38.6. The van der Waals surface area contributed by atoms with Gasteiger partial charge >= 0.3 is 5.97 Å². The Kier molecular flexibility index (Phi) is 7.08. The normalized spacial score (nSPS) is 11.0. The van der Waals surface area contributed by atoms with Crippen LogP contribution in [0.3, 0.4) is 0 Å². The van der Waals surface area contributed by atoms with Gasteiger partial charge in [0.25, 0.3) is 10.0 Å². The van der Waals surface area contributed by atoms with Crippen LogP contribution < -0.4 is 9.46 Å². The SMILES string of the molecule is CCCCOC(=O)c1ccc(NS(=O)(=O)c2ccc(Oc3ccccc3)cc2)cc1. The zero-order valence-electron chi connectivity index (χ0n) is 16.6. The minimum atomic E-state index is -3.78. The Morgan fingerprint density at radius 2 is 1.50 bits per heavy atom. The molecule has 3 aromatic rings. The molecule has 0 spiro atoms. The van der Waals surface area contributed by atoms with Crippen molar-refractivity contribution >= 4 is 21.7 Å². The molecule has 0 saturated carbocycles. The third kappa shape index (κ3) is 5.84. The predicted molar refractivity (Wildman–Crippen MR) is 115 cm³/mol. The van der Waals surface area contributed by atoms with E-state index in [2.05, 4.69) is 4.72 Å². The summed E-state index contributed by atoms with van der Waals surface area (Å²) in [5.41, 5.74) is 0.723. The third-order valence-electron chi connectivity index (χ3n) is 4.22. The van der Waals surface area contributed by atoms with Crippen molar-refractivity contribution in [1.29, 1.82) is 0 Å². The van der Waals surface area contributed by atoms with E-state index in [1.54, 1.807) is 12.1 Å². The molecule has 0 atom stereocenters. The van der Waals surface area contributed by atoms with Gasteiger partial charge in [0.2, 0.25) is 0 Å². The molecule has 0 radical (unpaired) electrons. The number of carbonyl (C=O) groups excluding carboxylic acids is 1. The van der Waals surface area contributed by atoms with Gasteiger partial charge in [-0.3, -0.25) is 4.72 Å². The molecule has 0 saturated heterocycles. The van der Waals surface area contributed by atoms with Crippen LogP contribution in [0, 0.1) is 0 Å². The number of unbranched alkanes of at least 4 members (excludes halogenated alkanes) is 1. The van der Waals surface area contributed by atoms with Gasteiger partial charge in [-0.2, -0.15) is 0 Å². The van der Waals surface area contributed by atoms with Gasteiger partial charge in [0.15, 0.2) is 0 Å². The highest BCUT2D eigenvalue weighted by Gasteiger charge is 2.15. The van der Waals surface area contributed by atoms with Gasteiger partial charge < -0.3 is 9.47 Å². The van der Waals surface area contributed by atoms with Gasteiger partial charge in [-0.1, -0.05) is 31.5 Å². The van der Waals surface area contributed by atoms with Crippen molar-refractivity contribution in [2.24, 2.45) is 0 Å². The van der Waals surface area contributed by atoms with E-state index in [4.69, 9.17) is 9.47 Å². The van der Waals surface area contributed by atoms with E-state index in [9.17, 15) is 13.2 Å².